The predicted octanol–water partition coefficient (Wildman–Crippen LogP) is 4.07. The van der Waals surface area contributed by atoms with Gasteiger partial charge in [0.2, 0.25) is 5.91 Å². The summed E-state index contributed by atoms with van der Waals surface area (Å²) < 4.78 is 11.0. The van der Waals surface area contributed by atoms with Crippen molar-refractivity contribution in [2.24, 2.45) is 0 Å². The molecule has 30 heavy (non-hydrogen) atoms. The Labute approximate surface area is 175 Å². The Bertz CT molecular complexity index is 1020. The van der Waals surface area contributed by atoms with Crippen molar-refractivity contribution in [2.45, 2.75) is 0 Å². The van der Waals surface area contributed by atoms with Crippen LogP contribution < -0.4 is 4.74 Å². The molecule has 6 heteroatoms. The molecule has 2 aromatic carbocycles. The van der Waals surface area contributed by atoms with Crippen LogP contribution in [0.4, 0.5) is 0 Å². The van der Waals surface area contributed by atoms with Gasteiger partial charge in [-0.3, -0.25) is 9.59 Å². The molecule has 1 saturated heterocycles. The van der Waals surface area contributed by atoms with E-state index in [1.54, 1.807) is 34.1 Å². The van der Waals surface area contributed by atoms with Crippen LogP contribution in [-0.4, -0.2) is 47.8 Å². The number of rotatable bonds is 5. The number of hydrogen-bond donors (Lipinski definition) is 0. The molecule has 0 N–H and O–H groups in total. The molecule has 1 fully saturated rings. The van der Waals surface area contributed by atoms with Crippen LogP contribution in [0, 0.1) is 0 Å². The van der Waals surface area contributed by atoms with Crippen LogP contribution in [0.1, 0.15) is 16.1 Å². The molecule has 1 aliphatic heterocycles. The van der Waals surface area contributed by atoms with Gasteiger partial charge in [0.05, 0.1) is 6.26 Å². The maximum absolute atomic E-state index is 12.5. The van der Waals surface area contributed by atoms with Crippen molar-refractivity contribution >= 4 is 17.9 Å². The van der Waals surface area contributed by atoms with Crippen LogP contribution in [0.25, 0.3) is 6.08 Å². The van der Waals surface area contributed by atoms with Crippen molar-refractivity contribution in [3.8, 4) is 11.5 Å². The molecule has 0 atom stereocenters. The fourth-order valence-electron chi connectivity index (χ4n) is 3.27. The maximum atomic E-state index is 12.5. The molecular formula is C24H22N2O4. The summed E-state index contributed by atoms with van der Waals surface area (Å²) in [5.74, 6) is 1.58. The number of hydrogen-bond acceptors (Lipinski definition) is 4. The fourth-order valence-corrected chi connectivity index (χ4v) is 3.27. The molecule has 0 radical (unpaired) electrons. The summed E-state index contributed by atoms with van der Waals surface area (Å²) >= 11 is 0. The topological polar surface area (TPSA) is 63.0 Å². The molecule has 3 aromatic rings. The Morgan fingerprint density at radius 1 is 0.833 bits per heavy atom. The largest absolute Gasteiger partial charge is 0.459 e. The summed E-state index contributed by atoms with van der Waals surface area (Å²) in [6.07, 6.45) is 4.82. The van der Waals surface area contributed by atoms with Gasteiger partial charge in [0.15, 0.2) is 5.76 Å². The molecule has 4 rings (SSSR count). The lowest BCUT2D eigenvalue weighted by molar-refractivity contribution is -0.127. The lowest BCUT2D eigenvalue weighted by atomic mass is 10.2. The second kappa shape index (κ2) is 9.13. The van der Waals surface area contributed by atoms with Crippen LogP contribution in [-0.2, 0) is 4.79 Å². The fraction of sp³-hybridized carbons (Fsp3) is 0.167. The van der Waals surface area contributed by atoms with E-state index in [4.69, 9.17) is 9.15 Å². The molecule has 0 bridgehead atoms. The monoisotopic (exact) mass is 402 g/mol. The van der Waals surface area contributed by atoms with Crippen molar-refractivity contribution in [3.63, 3.8) is 0 Å². The van der Waals surface area contributed by atoms with Crippen molar-refractivity contribution in [1.82, 2.24) is 9.80 Å². The van der Waals surface area contributed by atoms with Crippen LogP contribution in [0.5, 0.6) is 11.5 Å². The van der Waals surface area contributed by atoms with Crippen LogP contribution >= 0.6 is 0 Å². The Morgan fingerprint density at radius 3 is 2.30 bits per heavy atom. The van der Waals surface area contributed by atoms with Gasteiger partial charge in [-0.25, -0.2) is 0 Å². The second-order valence-corrected chi connectivity index (χ2v) is 6.92. The van der Waals surface area contributed by atoms with Gasteiger partial charge in [0.1, 0.15) is 11.5 Å². The molecule has 0 aliphatic carbocycles. The van der Waals surface area contributed by atoms with Crippen LogP contribution in [0.2, 0.25) is 0 Å². The summed E-state index contributed by atoms with van der Waals surface area (Å²) in [4.78, 5) is 28.3. The van der Waals surface area contributed by atoms with Crippen LogP contribution in [0.15, 0.2) is 83.5 Å². The number of para-hydroxylation sites is 1. The quantitative estimate of drug-likeness (QED) is 0.604. The number of amides is 2. The average Bonchev–Trinajstić information content (AvgIpc) is 3.33. The number of furan rings is 1. The first-order valence-electron chi connectivity index (χ1n) is 9.82. The SMILES string of the molecule is O=C(C=Cc1cccc(Oc2ccccc2)c1)N1CCN(C(=O)c2ccco2)CC1. The van der Waals surface area contributed by atoms with Gasteiger partial charge >= 0.3 is 0 Å². The zero-order valence-corrected chi connectivity index (χ0v) is 16.4. The highest BCUT2D eigenvalue weighted by molar-refractivity contribution is 5.93. The molecule has 0 saturated carbocycles. The lowest BCUT2D eigenvalue weighted by Gasteiger charge is -2.33. The molecule has 0 unspecified atom stereocenters. The minimum absolute atomic E-state index is 0.0746. The van der Waals surface area contributed by atoms with Crippen molar-refractivity contribution in [1.29, 1.82) is 0 Å². The number of nitrogens with zero attached hydrogens (tertiary/aromatic N) is 2. The number of benzene rings is 2. The summed E-state index contributed by atoms with van der Waals surface area (Å²) in [5.41, 5.74) is 0.878. The molecule has 2 heterocycles. The van der Waals surface area contributed by atoms with E-state index in [0.29, 0.717) is 37.7 Å². The first-order valence-corrected chi connectivity index (χ1v) is 9.82. The van der Waals surface area contributed by atoms with E-state index in [9.17, 15) is 9.59 Å². The zero-order valence-electron chi connectivity index (χ0n) is 16.4. The number of ether oxygens (including phenoxy) is 1. The van der Waals surface area contributed by atoms with Gasteiger partial charge in [-0.2, -0.15) is 0 Å². The smallest absolute Gasteiger partial charge is 0.289 e. The van der Waals surface area contributed by atoms with Crippen molar-refractivity contribution < 1.29 is 18.7 Å². The van der Waals surface area contributed by atoms with E-state index in [1.807, 2.05) is 54.6 Å². The molecular weight excluding hydrogens is 380 g/mol. The standard InChI is InChI=1S/C24H22N2O4/c27-23(25-13-15-26(16-14-25)24(28)22-10-5-17-29-22)12-11-19-6-4-9-21(18-19)30-20-7-2-1-3-8-20/h1-12,17-18H,13-16H2. The minimum Gasteiger partial charge on any atom is -0.459 e. The van der Waals surface area contributed by atoms with Gasteiger partial charge in [-0.05, 0) is 48.0 Å². The second-order valence-electron chi connectivity index (χ2n) is 6.92. The molecule has 2 amide bonds. The first kappa shape index (κ1) is 19.5. The van der Waals surface area contributed by atoms with Crippen LogP contribution in [0.3, 0.4) is 0 Å². The predicted molar refractivity (Wildman–Crippen MR) is 113 cm³/mol. The third kappa shape index (κ3) is 4.78. The zero-order chi connectivity index (χ0) is 20.8. The maximum Gasteiger partial charge on any atom is 0.289 e. The summed E-state index contributed by atoms with van der Waals surface area (Å²) in [5, 5.41) is 0. The first-order chi connectivity index (χ1) is 14.7. The van der Waals surface area contributed by atoms with Gasteiger partial charge in [0, 0.05) is 32.3 Å². The summed E-state index contributed by atoms with van der Waals surface area (Å²) in [6, 6.07) is 20.5. The summed E-state index contributed by atoms with van der Waals surface area (Å²) in [6.45, 7) is 1.96. The van der Waals surface area contributed by atoms with E-state index in [2.05, 4.69) is 0 Å². The van der Waals surface area contributed by atoms with E-state index >= 15 is 0 Å². The Kier molecular flexibility index (Phi) is 5.94. The number of carbonyl (C=O) groups excluding carboxylic acids is 2. The van der Waals surface area contributed by atoms with Crippen molar-refractivity contribution in [3.05, 3.63) is 90.4 Å². The normalized spacial score (nSPS) is 14.1. The average molecular weight is 402 g/mol. The Morgan fingerprint density at radius 2 is 1.57 bits per heavy atom. The van der Waals surface area contributed by atoms with Gasteiger partial charge in [-0.1, -0.05) is 30.3 Å². The number of piperazine rings is 1. The minimum atomic E-state index is -0.141. The Balaban J connectivity index is 1.32. The highest BCUT2D eigenvalue weighted by Gasteiger charge is 2.25. The molecule has 6 nitrogen and oxygen atoms in total. The van der Waals surface area contributed by atoms with Gasteiger partial charge < -0.3 is 19.0 Å². The van der Waals surface area contributed by atoms with E-state index in [-0.39, 0.29) is 11.8 Å². The molecule has 1 aliphatic rings. The summed E-state index contributed by atoms with van der Waals surface area (Å²) in [7, 11) is 0. The molecule has 0 spiro atoms. The van der Waals surface area contributed by atoms with Crippen molar-refractivity contribution in [2.75, 3.05) is 26.2 Å². The highest BCUT2D eigenvalue weighted by atomic mass is 16.5. The van der Waals surface area contributed by atoms with E-state index < -0.39 is 0 Å². The van der Waals surface area contributed by atoms with E-state index in [0.717, 1.165) is 11.3 Å². The van der Waals surface area contributed by atoms with Gasteiger partial charge in [-0.15, -0.1) is 0 Å². The third-order valence-electron chi connectivity index (χ3n) is 4.87. The molecule has 152 valence electrons. The van der Waals surface area contributed by atoms with E-state index in [1.165, 1.54) is 6.26 Å². The number of carbonyl (C=O) groups is 2. The Hall–Kier alpha value is -3.80. The highest BCUT2D eigenvalue weighted by Crippen LogP contribution is 2.22. The third-order valence-corrected chi connectivity index (χ3v) is 4.87. The lowest BCUT2D eigenvalue weighted by Crippen LogP contribution is -2.50. The van der Waals surface area contributed by atoms with Gasteiger partial charge in [0.25, 0.3) is 5.91 Å². The molecule has 1 aromatic heterocycles.